The van der Waals surface area contributed by atoms with E-state index in [9.17, 15) is 0 Å². The molecule has 0 unspecified atom stereocenters. The molecular weight excluding hydrogens is 210 g/mol. The van der Waals surface area contributed by atoms with Crippen molar-refractivity contribution in [3.8, 4) is 0 Å². The van der Waals surface area contributed by atoms with Crippen LogP contribution in [0.25, 0.3) is 10.8 Å². The van der Waals surface area contributed by atoms with E-state index < -0.39 is 0 Å². The van der Waals surface area contributed by atoms with E-state index in [4.69, 9.17) is 22.1 Å². The summed E-state index contributed by atoms with van der Waals surface area (Å²) in [4.78, 5) is 0. The van der Waals surface area contributed by atoms with Crippen molar-refractivity contribution in [2.75, 3.05) is 12.8 Å². The monoisotopic (exact) mass is 221 g/mol. The topological polar surface area (TPSA) is 35.2 Å². The first-order valence-electron chi connectivity index (χ1n) is 4.68. The van der Waals surface area contributed by atoms with E-state index in [-0.39, 0.29) is 0 Å². The highest BCUT2D eigenvalue weighted by Crippen LogP contribution is 2.29. The normalized spacial score (nSPS) is 10.8. The van der Waals surface area contributed by atoms with Crippen LogP contribution in [0.4, 0.5) is 5.69 Å². The summed E-state index contributed by atoms with van der Waals surface area (Å²) in [5.41, 5.74) is 7.64. The molecule has 0 atom stereocenters. The van der Waals surface area contributed by atoms with Crippen molar-refractivity contribution in [1.29, 1.82) is 0 Å². The molecule has 0 aliphatic carbocycles. The molecule has 0 heterocycles. The second-order valence-corrected chi connectivity index (χ2v) is 3.86. The van der Waals surface area contributed by atoms with Gasteiger partial charge in [0.15, 0.2) is 0 Å². The number of methoxy groups -OCH3 is 1. The van der Waals surface area contributed by atoms with Crippen LogP contribution in [-0.2, 0) is 11.3 Å². The first kappa shape index (κ1) is 10.3. The molecule has 78 valence electrons. The average molecular weight is 222 g/mol. The number of nitrogen functional groups attached to an aromatic ring is 1. The predicted octanol–water partition coefficient (Wildman–Crippen LogP) is 3.22. The van der Waals surface area contributed by atoms with Crippen LogP contribution in [0, 0.1) is 0 Å². The Morgan fingerprint density at radius 1 is 1.27 bits per heavy atom. The van der Waals surface area contributed by atoms with Crippen LogP contribution >= 0.6 is 11.6 Å². The van der Waals surface area contributed by atoms with E-state index in [1.54, 1.807) is 7.11 Å². The molecule has 0 saturated heterocycles. The maximum absolute atomic E-state index is 5.96. The van der Waals surface area contributed by atoms with Gasteiger partial charge in [0, 0.05) is 12.5 Å². The van der Waals surface area contributed by atoms with Crippen molar-refractivity contribution in [2.45, 2.75) is 6.61 Å². The number of halogens is 1. The Kier molecular flexibility index (Phi) is 2.80. The van der Waals surface area contributed by atoms with Crippen LogP contribution in [0.1, 0.15) is 5.56 Å². The first-order chi connectivity index (χ1) is 7.22. The lowest BCUT2D eigenvalue weighted by molar-refractivity contribution is 0.185. The highest BCUT2D eigenvalue weighted by molar-refractivity contribution is 6.34. The summed E-state index contributed by atoms with van der Waals surface area (Å²) >= 11 is 5.96. The molecule has 15 heavy (non-hydrogen) atoms. The van der Waals surface area contributed by atoms with E-state index in [1.807, 2.05) is 30.3 Å². The minimum atomic E-state index is 0.585. The third kappa shape index (κ3) is 1.91. The van der Waals surface area contributed by atoms with Crippen LogP contribution in [0.5, 0.6) is 0 Å². The molecule has 2 aromatic rings. The predicted molar refractivity (Wildman–Crippen MR) is 64.1 cm³/mol. The van der Waals surface area contributed by atoms with Crippen LogP contribution in [-0.4, -0.2) is 7.11 Å². The molecule has 0 spiro atoms. The summed E-state index contributed by atoms with van der Waals surface area (Å²) in [6.07, 6.45) is 0. The third-order valence-electron chi connectivity index (χ3n) is 2.39. The Morgan fingerprint density at radius 2 is 2.00 bits per heavy atom. The van der Waals surface area contributed by atoms with Gasteiger partial charge in [0.1, 0.15) is 0 Å². The fraction of sp³-hybridized carbons (Fsp3) is 0.167. The van der Waals surface area contributed by atoms with Crippen molar-refractivity contribution < 1.29 is 4.74 Å². The molecular formula is C12H12ClNO. The summed E-state index contributed by atoms with van der Waals surface area (Å²) in [5, 5.41) is 2.67. The first-order valence-corrected chi connectivity index (χ1v) is 5.05. The zero-order valence-corrected chi connectivity index (χ0v) is 9.21. The van der Waals surface area contributed by atoms with Gasteiger partial charge in [-0.1, -0.05) is 29.8 Å². The Labute approximate surface area is 93.6 Å². The van der Waals surface area contributed by atoms with E-state index in [0.29, 0.717) is 17.3 Å². The van der Waals surface area contributed by atoms with Crippen LogP contribution in [0.2, 0.25) is 5.02 Å². The number of nitrogens with two attached hydrogens (primary N) is 1. The van der Waals surface area contributed by atoms with Crippen molar-refractivity contribution in [3.05, 3.63) is 40.9 Å². The zero-order valence-electron chi connectivity index (χ0n) is 8.46. The molecule has 2 rings (SSSR count). The number of ether oxygens (including phenoxy) is 1. The van der Waals surface area contributed by atoms with Gasteiger partial charge in [-0.2, -0.15) is 0 Å². The molecule has 0 saturated carbocycles. The van der Waals surface area contributed by atoms with E-state index in [0.717, 1.165) is 16.3 Å². The zero-order chi connectivity index (χ0) is 10.8. The number of hydrogen-bond acceptors (Lipinski definition) is 2. The molecule has 2 N–H and O–H groups in total. The minimum Gasteiger partial charge on any atom is -0.397 e. The van der Waals surface area contributed by atoms with Crippen LogP contribution < -0.4 is 5.73 Å². The Balaban J connectivity index is 2.63. The lowest BCUT2D eigenvalue weighted by Gasteiger charge is -2.06. The highest BCUT2D eigenvalue weighted by atomic mass is 35.5. The molecule has 0 aromatic heterocycles. The standard InChI is InChI=1S/C12H12ClNO/c1-15-7-8-2-3-9-4-5-11(13)12(14)10(9)6-8/h2-6H,7,14H2,1H3. The maximum atomic E-state index is 5.96. The van der Waals surface area contributed by atoms with Gasteiger partial charge in [-0.05, 0) is 23.1 Å². The maximum Gasteiger partial charge on any atom is 0.0713 e. The molecule has 0 aliphatic rings. The molecule has 0 radical (unpaired) electrons. The quantitative estimate of drug-likeness (QED) is 0.791. The van der Waals surface area contributed by atoms with Gasteiger partial charge in [-0.15, -0.1) is 0 Å². The SMILES string of the molecule is COCc1ccc2ccc(Cl)c(N)c2c1. The molecule has 0 bridgehead atoms. The summed E-state index contributed by atoms with van der Waals surface area (Å²) in [6.45, 7) is 0.585. The van der Waals surface area contributed by atoms with Gasteiger partial charge in [0.2, 0.25) is 0 Å². The Bertz CT molecular complexity index is 496. The summed E-state index contributed by atoms with van der Waals surface area (Å²) in [6, 6.07) is 9.84. The third-order valence-corrected chi connectivity index (χ3v) is 2.71. The van der Waals surface area contributed by atoms with E-state index >= 15 is 0 Å². The molecule has 0 aliphatic heterocycles. The van der Waals surface area contributed by atoms with Gasteiger partial charge >= 0.3 is 0 Å². The second kappa shape index (κ2) is 4.09. The van der Waals surface area contributed by atoms with Crippen LogP contribution in [0.3, 0.4) is 0 Å². The number of benzene rings is 2. The van der Waals surface area contributed by atoms with Crippen molar-refractivity contribution in [3.63, 3.8) is 0 Å². The van der Waals surface area contributed by atoms with Gasteiger partial charge in [-0.25, -0.2) is 0 Å². The van der Waals surface area contributed by atoms with Gasteiger partial charge in [-0.3, -0.25) is 0 Å². The fourth-order valence-corrected chi connectivity index (χ4v) is 1.78. The minimum absolute atomic E-state index is 0.585. The van der Waals surface area contributed by atoms with Crippen molar-refractivity contribution >= 4 is 28.1 Å². The molecule has 2 nitrogen and oxygen atoms in total. The fourth-order valence-electron chi connectivity index (χ4n) is 1.62. The van der Waals surface area contributed by atoms with Gasteiger partial charge < -0.3 is 10.5 Å². The number of anilines is 1. The smallest absolute Gasteiger partial charge is 0.0713 e. The van der Waals surface area contributed by atoms with Gasteiger partial charge in [0.25, 0.3) is 0 Å². The number of hydrogen-bond donors (Lipinski definition) is 1. The lowest BCUT2D eigenvalue weighted by Crippen LogP contribution is -1.91. The van der Waals surface area contributed by atoms with Crippen LogP contribution in [0.15, 0.2) is 30.3 Å². The number of rotatable bonds is 2. The molecule has 0 amide bonds. The molecule has 0 fully saturated rings. The molecule has 2 aromatic carbocycles. The Morgan fingerprint density at radius 3 is 2.73 bits per heavy atom. The lowest BCUT2D eigenvalue weighted by atomic mass is 10.1. The summed E-state index contributed by atoms with van der Waals surface area (Å²) < 4.78 is 5.07. The van der Waals surface area contributed by atoms with Crippen molar-refractivity contribution in [2.24, 2.45) is 0 Å². The average Bonchev–Trinajstić information content (AvgIpc) is 2.25. The molecule has 3 heteroatoms. The largest absolute Gasteiger partial charge is 0.397 e. The number of fused-ring (bicyclic) bond motifs is 1. The summed E-state index contributed by atoms with van der Waals surface area (Å²) in [5.74, 6) is 0. The van der Waals surface area contributed by atoms with E-state index in [2.05, 4.69) is 0 Å². The second-order valence-electron chi connectivity index (χ2n) is 3.45. The summed E-state index contributed by atoms with van der Waals surface area (Å²) in [7, 11) is 1.67. The van der Waals surface area contributed by atoms with Gasteiger partial charge in [0.05, 0.1) is 17.3 Å². The highest BCUT2D eigenvalue weighted by Gasteiger charge is 2.03. The van der Waals surface area contributed by atoms with E-state index in [1.165, 1.54) is 0 Å². The Hall–Kier alpha value is -1.25. The van der Waals surface area contributed by atoms with Crippen molar-refractivity contribution in [1.82, 2.24) is 0 Å².